The highest BCUT2D eigenvalue weighted by Crippen LogP contribution is 2.24. The summed E-state index contributed by atoms with van der Waals surface area (Å²) in [6.45, 7) is 8.18. The van der Waals surface area contributed by atoms with E-state index in [4.69, 9.17) is 11.6 Å². The Morgan fingerprint density at radius 3 is 2.91 bits per heavy atom. The third-order valence-electron chi connectivity index (χ3n) is 2.61. The lowest BCUT2D eigenvalue weighted by molar-refractivity contribution is 0.274. The fraction of sp³-hybridized carbons (Fsp3) is 0.778. The van der Waals surface area contributed by atoms with E-state index >= 15 is 0 Å². The van der Waals surface area contributed by atoms with Crippen molar-refractivity contribution in [1.29, 1.82) is 0 Å². The van der Waals surface area contributed by atoms with Crippen molar-refractivity contribution in [1.82, 2.24) is 4.90 Å². The largest absolute Gasteiger partial charge is 0.297 e. The Morgan fingerprint density at radius 1 is 1.73 bits per heavy atom. The topological polar surface area (TPSA) is 3.24 Å². The summed E-state index contributed by atoms with van der Waals surface area (Å²) in [6, 6.07) is 0.644. The van der Waals surface area contributed by atoms with Gasteiger partial charge >= 0.3 is 0 Å². The normalized spacial score (nSPS) is 32.5. The van der Waals surface area contributed by atoms with Gasteiger partial charge in [0.25, 0.3) is 0 Å². The molecule has 1 aliphatic heterocycles. The molecule has 2 unspecified atom stereocenters. The lowest BCUT2D eigenvalue weighted by Gasteiger charge is -2.21. The van der Waals surface area contributed by atoms with Gasteiger partial charge in [-0.3, -0.25) is 4.90 Å². The third-order valence-corrected chi connectivity index (χ3v) is 3.00. The van der Waals surface area contributed by atoms with Gasteiger partial charge in [0.1, 0.15) is 0 Å². The van der Waals surface area contributed by atoms with Gasteiger partial charge in [-0.2, -0.15) is 0 Å². The van der Waals surface area contributed by atoms with Gasteiger partial charge in [-0.15, -0.1) is 18.2 Å². The minimum atomic E-state index is 0.644. The first-order valence-corrected chi connectivity index (χ1v) is 4.74. The van der Waals surface area contributed by atoms with Crippen LogP contribution in [0.25, 0.3) is 0 Å². The van der Waals surface area contributed by atoms with Gasteiger partial charge in [0.15, 0.2) is 0 Å². The summed E-state index contributed by atoms with van der Waals surface area (Å²) in [5.74, 6) is 1.49. The van der Waals surface area contributed by atoms with Crippen molar-refractivity contribution < 1.29 is 0 Å². The van der Waals surface area contributed by atoms with Crippen LogP contribution in [0.5, 0.6) is 0 Å². The van der Waals surface area contributed by atoms with Crippen molar-refractivity contribution in [2.24, 2.45) is 5.92 Å². The average molecular weight is 174 g/mol. The Labute approximate surface area is 74.0 Å². The summed E-state index contributed by atoms with van der Waals surface area (Å²) < 4.78 is 0. The van der Waals surface area contributed by atoms with Crippen molar-refractivity contribution in [2.45, 2.75) is 19.4 Å². The van der Waals surface area contributed by atoms with E-state index in [1.807, 2.05) is 6.08 Å². The number of likely N-dealkylation sites (tertiary alicyclic amines) is 1. The molecular weight excluding hydrogens is 158 g/mol. The van der Waals surface area contributed by atoms with Crippen LogP contribution in [0.2, 0.25) is 0 Å². The molecule has 1 heterocycles. The quantitative estimate of drug-likeness (QED) is 0.467. The molecule has 0 aromatic heterocycles. The molecule has 0 aliphatic carbocycles. The molecule has 0 bridgehead atoms. The molecule has 1 aliphatic rings. The number of alkyl halides is 1. The van der Waals surface area contributed by atoms with Crippen LogP contribution in [-0.2, 0) is 0 Å². The Morgan fingerprint density at radius 2 is 2.45 bits per heavy atom. The molecular formula is C9H16ClN. The zero-order valence-electron chi connectivity index (χ0n) is 7.09. The Hall–Kier alpha value is -0.0100. The van der Waals surface area contributed by atoms with Gasteiger partial charge in [-0.25, -0.2) is 0 Å². The van der Waals surface area contributed by atoms with Crippen LogP contribution < -0.4 is 0 Å². The maximum absolute atomic E-state index is 5.82. The van der Waals surface area contributed by atoms with Crippen LogP contribution in [0, 0.1) is 5.92 Å². The SMILES string of the molecule is C=CCN1CCC(CCl)C1C. The van der Waals surface area contributed by atoms with Crippen LogP contribution in [-0.4, -0.2) is 29.9 Å². The van der Waals surface area contributed by atoms with Crippen molar-refractivity contribution in [2.75, 3.05) is 19.0 Å². The summed E-state index contributed by atoms with van der Waals surface area (Å²) in [5.41, 5.74) is 0. The van der Waals surface area contributed by atoms with Crippen molar-refractivity contribution in [3.8, 4) is 0 Å². The van der Waals surface area contributed by atoms with Gasteiger partial charge < -0.3 is 0 Å². The van der Waals surface area contributed by atoms with Crippen molar-refractivity contribution in [3.05, 3.63) is 12.7 Å². The predicted octanol–water partition coefficient (Wildman–Crippen LogP) is 2.12. The fourth-order valence-corrected chi connectivity index (χ4v) is 2.12. The van der Waals surface area contributed by atoms with E-state index in [1.54, 1.807) is 0 Å². The Balaban J connectivity index is 2.41. The Bertz CT molecular complexity index is 136. The molecule has 0 saturated carbocycles. The van der Waals surface area contributed by atoms with Crippen LogP contribution in [0.1, 0.15) is 13.3 Å². The second-order valence-electron chi connectivity index (χ2n) is 3.23. The molecule has 0 amide bonds. The fourth-order valence-electron chi connectivity index (χ4n) is 1.70. The predicted molar refractivity (Wildman–Crippen MR) is 50.1 cm³/mol. The van der Waals surface area contributed by atoms with E-state index in [-0.39, 0.29) is 0 Å². The summed E-state index contributed by atoms with van der Waals surface area (Å²) >= 11 is 5.82. The van der Waals surface area contributed by atoms with Crippen LogP contribution in [0.15, 0.2) is 12.7 Å². The van der Waals surface area contributed by atoms with E-state index in [0.29, 0.717) is 12.0 Å². The van der Waals surface area contributed by atoms with E-state index in [9.17, 15) is 0 Å². The maximum Gasteiger partial charge on any atom is 0.0267 e. The molecule has 1 nitrogen and oxygen atoms in total. The minimum absolute atomic E-state index is 0.644. The zero-order valence-corrected chi connectivity index (χ0v) is 7.85. The van der Waals surface area contributed by atoms with Gasteiger partial charge in [0, 0.05) is 18.5 Å². The molecule has 0 radical (unpaired) electrons. The van der Waals surface area contributed by atoms with Crippen molar-refractivity contribution in [3.63, 3.8) is 0 Å². The zero-order chi connectivity index (χ0) is 8.27. The third kappa shape index (κ3) is 1.97. The second kappa shape index (κ2) is 4.13. The number of rotatable bonds is 3. The smallest absolute Gasteiger partial charge is 0.0267 e. The molecule has 0 N–H and O–H groups in total. The number of hydrogen-bond acceptors (Lipinski definition) is 1. The minimum Gasteiger partial charge on any atom is -0.297 e. The van der Waals surface area contributed by atoms with E-state index in [0.717, 1.165) is 12.4 Å². The lowest BCUT2D eigenvalue weighted by atomic mass is 10.1. The summed E-state index contributed by atoms with van der Waals surface area (Å²) in [6.07, 6.45) is 3.21. The van der Waals surface area contributed by atoms with Gasteiger partial charge in [0.05, 0.1) is 0 Å². The molecule has 0 aromatic rings. The van der Waals surface area contributed by atoms with Gasteiger partial charge in [-0.05, 0) is 25.8 Å². The first-order valence-electron chi connectivity index (χ1n) is 4.20. The van der Waals surface area contributed by atoms with Crippen LogP contribution in [0.4, 0.5) is 0 Å². The van der Waals surface area contributed by atoms with Gasteiger partial charge in [-0.1, -0.05) is 6.08 Å². The molecule has 2 heteroatoms. The standard InChI is InChI=1S/C9H16ClN/c1-3-5-11-6-4-9(7-10)8(11)2/h3,8-9H,1,4-7H2,2H3. The number of nitrogens with zero attached hydrogens (tertiary/aromatic N) is 1. The summed E-state index contributed by atoms with van der Waals surface area (Å²) in [5, 5.41) is 0. The van der Waals surface area contributed by atoms with E-state index in [1.165, 1.54) is 13.0 Å². The molecule has 64 valence electrons. The molecule has 1 saturated heterocycles. The second-order valence-corrected chi connectivity index (χ2v) is 3.54. The molecule has 1 rings (SSSR count). The maximum atomic E-state index is 5.82. The summed E-state index contributed by atoms with van der Waals surface area (Å²) in [4.78, 5) is 2.43. The van der Waals surface area contributed by atoms with Crippen LogP contribution >= 0.6 is 11.6 Å². The van der Waals surface area contributed by atoms with Crippen molar-refractivity contribution >= 4 is 11.6 Å². The highest BCUT2D eigenvalue weighted by atomic mass is 35.5. The molecule has 0 spiro atoms. The average Bonchev–Trinajstić information content (AvgIpc) is 2.34. The Kier molecular flexibility index (Phi) is 3.41. The highest BCUT2D eigenvalue weighted by Gasteiger charge is 2.28. The molecule has 2 atom stereocenters. The van der Waals surface area contributed by atoms with Crippen LogP contribution in [0.3, 0.4) is 0 Å². The lowest BCUT2D eigenvalue weighted by Crippen LogP contribution is -2.30. The molecule has 0 aromatic carbocycles. The monoisotopic (exact) mass is 173 g/mol. The number of halogens is 1. The van der Waals surface area contributed by atoms with E-state index < -0.39 is 0 Å². The molecule has 11 heavy (non-hydrogen) atoms. The van der Waals surface area contributed by atoms with Gasteiger partial charge in [0.2, 0.25) is 0 Å². The number of hydrogen-bond donors (Lipinski definition) is 0. The highest BCUT2D eigenvalue weighted by molar-refractivity contribution is 6.18. The first-order chi connectivity index (χ1) is 5.29. The summed E-state index contributed by atoms with van der Waals surface area (Å²) in [7, 11) is 0. The first kappa shape index (κ1) is 9.08. The van der Waals surface area contributed by atoms with E-state index in [2.05, 4.69) is 18.4 Å². The molecule has 1 fully saturated rings.